The van der Waals surface area contributed by atoms with Crippen molar-refractivity contribution in [3.05, 3.63) is 60.8 Å². The molecule has 3 N–H and O–H groups in total. The predicted molar refractivity (Wildman–Crippen MR) is 340 cm³/mol. The maximum Gasteiger partial charge on any atom is 0.335 e. The summed E-state index contributed by atoms with van der Waals surface area (Å²) in [6.07, 6.45) is 61.8. The van der Waals surface area contributed by atoms with E-state index in [1.807, 2.05) is 0 Å². The molecular formula is C71H124O12. The Balaban J connectivity index is 2.64. The van der Waals surface area contributed by atoms with Gasteiger partial charge in [-0.2, -0.15) is 0 Å². The van der Waals surface area contributed by atoms with E-state index in [0.29, 0.717) is 19.3 Å². The van der Waals surface area contributed by atoms with E-state index in [4.69, 9.17) is 23.7 Å². The Morgan fingerprint density at radius 1 is 0.410 bits per heavy atom. The molecule has 0 aliphatic carbocycles. The molecule has 83 heavy (non-hydrogen) atoms. The highest BCUT2D eigenvalue weighted by molar-refractivity contribution is 5.74. The fourth-order valence-corrected chi connectivity index (χ4v) is 10.3. The van der Waals surface area contributed by atoms with Crippen molar-refractivity contribution in [1.29, 1.82) is 0 Å². The van der Waals surface area contributed by atoms with Crippen LogP contribution in [-0.4, -0.2) is 89.2 Å². The average Bonchev–Trinajstić information content (AvgIpc) is 3.57. The minimum Gasteiger partial charge on any atom is -0.479 e. The van der Waals surface area contributed by atoms with Crippen LogP contribution in [0.25, 0.3) is 0 Å². The number of carbonyl (C=O) groups excluding carboxylic acids is 3. The van der Waals surface area contributed by atoms with Gasteiger partial charge in [0.1, 0.15) is 18.8 Å². The highest BCUT2D eigenvalue weighted by atomic mass is 16.7. The highest BCUT2D eigenvalue weighted by Gasteiger charge is 2.50. The Morgan fingerprint density at radius 2 is 0.759 bits per heavy atom. The van der Waals surface area contributed by atoms with Crippen molar-refractivity contribution < 1.29 is 58.2 Å². The summed E-state index contributed by atoms with van der Waals surface area (Å²) in [6, 6.07) is 0. The highest BCUT2D eigenvalue weighted by Crippen LogP contribution is 2.27. The maximum absolute atomic E-state index is 13.2. The third kappa shape index (κ3) is 48.3. The number of rotatable bonds is 59. The number of aliphatic carboxylic acids is 1. The summed E-state index contributed by atoms with van der Waals surface area (Å²) in [5, 5.41) is 31.6. The molecule has 0 aromatic heterocycles. The Morgan fingerprint density at radius 3 is 1.17 bits per heavy atom. The molecular weight excluding hydrogens is 1040 g/mol. The first kappa shape index (κ1) is 77.4. The van der Waals surface area contributed by atoms with Gasteiger partial charge in [0.2, 0.25) is 0 Å². The number of hydrogen-bond donors (Lipinski definition) is 3. The van der Waals surface area contributed by atoms with Gasteiger partial charge in [0.05, 0.1) is 6.61 Å². The molecule has 1 aliphatic rings. The summed E-state index contributed by atoms with van der Waals surface area (Å²) >= 11 is 0. The molecule has 0 aromatic rings. The van der Waals surface area contributed by atoms with E-state index in [9.17, 15) is 34.5 Å². The van der Waals surface area contributed by atoms with Crippen molar-refractivity contribution in [1.82, 2.24) is 0 Å². The number of unbranched alkanes of at least 4 members (excludes halogenated alkanes) is 35. The molecule has 1 heterocycles. The standard InChI is InChI=1S/C71H124O12/c1-4-7-10-13-16-19-22-25-28-30-32-34-37-39-42-45-48-51-54-57-63(72)79-60-62(81-64(73)58-55-52-49-46-43-41-38-35-33-31-29-26-23-20-17-14-11-8-5-2)61-80-71-69(67(76)66(75)68(83-71)70(77)78)82-65(74)59-56-53-50-47-44-40-36-27-24-21-18-15-12-9-6-3/h9,12,18,21,25-29,36,62,66-69,71,75-76H,4-8,10-11,13-17,19-20,22-24,30-35,37-61H2,1-3H3,(H,77,78)/b12-9-,21-18-,28-25-,29-26-,36-27-. The largest absolute Gasteiger partial charge is 0.479 e. The predicted octanol–water partition coefficient (Wildman–Crippen LogP) is 18.7. The molecule has 0 spiro atoms. The van der Waals surface area contributed by atoms with Gasteiger partial charge in [-0.05, 0) is 103 Å². The van der Waals surface area contributed by atoms with Crippen LogP contribution in [0.1, 0.15) is 316 Å². The molecule has 1 rings (SSSR count). The lowest BCUT2D eigenvalue weighted by molar-refractivity contribution is -0.301. The topological polar surface area (TPSA) is 175 Å². The number of hydrogen-bond acceptors (Lipinski definition) is 11. The van der Waals surface area contributed by atoms with Crippen LogP contribution >= 0.6 is 0 Å². The molecule has 6 atom stereocenters. The second-order valence-electron chi connectivity index (χ2n) is 23.4. The number of aliphatic hydroxyl groups excluding tert-OH is 2. The minimum absolute atomic E-state index is 0.0411. The summed E-state index contributed by atoms with van der Waals surface area (Å²) in [5.41, 5.74) is 0. The number of allylic oxidation sites excluding steroid dienone is 10. The molecule has 12 nitrogen and oxygen atoms in total. The first-order chi connectivity index (χ1) is 40.6. The van der Waals surface area contributed by atoms with Crippen molar-refractivity contribution in [2.24, 2.45) is 0 Å². The van der Waals surface area contributed by atoms with Crippen LogP contribution in [0.4, 0.5) is 0 Å². The molecule has 0 amide bonds. The van der Waals surface area contributed by atoms with Crippen molar-refractivity contribution in [3.63, 3.8) is 0 Å². The molecule has 480 valence electrons. The van der Waals surface area contributed by atoms with Gasteiger partial charge in [0.25, 0.3) is 0 Å². The third-order valence-corrected chi connectivity index (χ3v) is 15.5. The fourth-order valence-electron chi connectivity index (χ4n) is 10.3. The Labute approximate surface area is 506 Å². The van der Waals surface area contributed by atoms with Crippen molar-refractivity contribution >= 4 is 23.9 Å². The van der Waals surface area contributed by atoms with Crippen molar-refractivity contribution in [3.8, 4) is 0 Å². The SMILES string of the molecule is CC/C=C\C/C=C\C/C=C\CCCCCCCC(=O)OC1C(OCC(COC(=O)CCCCCCCCCCC/C=C\CCCCCCCC)OC(=O)CCCCCCCCCCC/C=C\CCCCCCCC)OC(C(=O)O)C(O)C1O. The number of ether oxygens (including phenoxy) is 5. The number of aliphatic hydroxyl groups is 2. The van der Waals surface area contributed by atoms with Gasteiger partial charge in [0, 0.05) is 19.3 Å². The number of carbonyl (C=O) groups is 4. The van der Waals surface area contributed by atoms with Crippen molar-refractivity contribution in [2.45, 2.75) is 353 Å². The zero-order chi connectivity index (χ0) is 60.3. The van der Waals surface area contributed by atoms with Crippen LogP contribution in [0, 0.1) is 0 Å². The monoisotopic (exact) mass is 1170 g/mol. The second kappa shape index (κ2) is 58.8. The van der Waals surface area contributed by atoms with Gasteiger partial charge < -0.3 is 39.0 Å². The van der Waals surface area contributed by atoms with Gasteiger partial charge in [-0.1, -0.05) is 255 Å². The summed E-state index contributed by atoms with van der Waals surface area (Å²) in [4.78, 5) is 51.4. The first-order valence-corrected chi connectivity index (χ1v) is 34.3. The Kier molecular flexibility index (Phi) is 54.8. The number of carboxylic acids is 1. The second-order valence-corrected chi connectivity index (χ2v) is 23.4. The van der Waals surface area contributed by atoms with Crippen molar-refractivity contribution in [2.75, 3.05) is 13.2 Å². The summed E-state index contributed by atoms with van der Waals surface area (Å²) in [7, 11) is 0. The van der Waals surface area contributed by atoms with Gasteiger partial charge >= 0.3 is 23.9 Å². The molecule has 0 bridgehead atoms. The van der Waals surface area contributed by atoms with E-state index in [1.165, 1.54) is 167 Å². The van der Waals surface area contributed by atoms with E-state index in [0.717, 1.165) is 89.9 Å². The van der Waals surface area contributed by atoms with Crippen LogP contribution in [0.5, 0.6) is 0 Å². The average molecular weight is 1170 g/mol. The zero-order valence-electron chi connectivity index (χ0n) is 53.2. The summed E-state index contributed by atoms with van der Waals surface area (Å²) in [5.74, 6) is -3.12. The molecule has 0 saturated carbocycles. The van der Waals surface area contributed by atoms with E-state index in [1.54, 1.807) is 0 Å². The van der Waals surface area contributed by atoms with E-state index < -0.39 is 67.3 Å². The van der Waals surface area contributed by atoms with Gasteiger partial charge in [0.15, 0.2) is 24.6 Å². The summed E-state index contributed by atoms with van der Waals surface area (Å²) in [6.45, 7) is 5.91. The minimum atomic E-state index is -1.91. The lowest BCUT2D eigenvalue weighted by Crippen LogP contribution is -2.61. The smallest absolute Gasteiger partial charge is 0.335 e. The maximum atomic E-state index is 13.2. The van der Waals surface area contributed by atoms with Gasteiger partial charge in [-0.3, -0.25) is 14.4 Å². The van der Waals surface area contributed by atoms with Crippen LogP contribution < -0.4 is 0 Å². The molecule has 1 saturated heterocycles. The Hall–Kier alpha value is -3.58. The molecule has 0 aromatic carbocycles. The fraction of sp³-hybridized carbons (Fsp3) is 0.803. The van der Waals surface area contributed by atoms with Crippen LogP contribution in [-0.2, 0) is 42.9 Å². The van der Waals surface area contributed by atoms with Gasteiger partial charge in [-0.25, -0.2) is 4.79 Å². The molecule has 6 unspecified atom stereocenters. The number of carboxylic acid groups (broad SMARTS) is 1. The zero-order valence-corrected chi connectivity index (χ0v) is 53.2. The quantitative estimate of drug-likeness (QED) is 0.0228. The first-order valence-electron chi connectivity index (χ1n) is 34.3. The molecule has 1 aliphatic heterocycles. The normalized spacial score (nSPS) is 17.9. The lowest BCUT2D eigenvalue weighted by Gasteiger charge is -2.40. The van der Waals surface area contributed by atoms with E-state index in [-0.39, 0.29) is 25.9 Å². The van der Waals surface area contributed by atoms with Crippen LogP contribution in [0.15, 0.2) is 60.8 Å². The van der Waals surface area contributed by atoms with Gasteiger partial charge in [-0.15, -0.1) is 0 Å². The number of esters is 3. The molecule has 1 fully saturated rings. The molecule has 0 radical (unpaired) electrons. The van der Waals surface area contributed by atoms with Crippen LogP contribution in [0.2, 0.25) is 0 Å². The Bertz CT molecular complexity index is 1670. The summed E-state index contributed by atoms with van der Waals surface area (Å²) < 4.78 is 28.6. The van der Waals surface area contributed by atoms with E-state index in [2.05, 4.69) is 81.5 Å². The lowest BCUT2D eigenvalue weighted by atomic mass is 9.98. The van der Waals surface area contributed by atoms with E-state index >= 15 is 0 Å². The van der Waals surface area contributed by atoms with Crippen LogP contribution in [0.3, 0.4) is 0 Å². The molecule has 12 heteroatoms. The third-order valence-electron chi connectivity index (χ3n) is 15.5.